The van der Waals surface area contributed by atoms with E-state index >= 15 is 0 Å². The van der Waals surface area contributed by atoms with Crippen molar-refractivity contribution in [1.82, 2.24) is 9.97 Å². The second-order valence-corrected chi connectivity index (χ2v) is 7.27. The van der Waals surface area contributed by atoms with E-state index in [1.807, 2.05) is 36.2 Å². The van der Waals surface area contributed by atoms with Gasteiger partial charge in [-0.1, -0.05) is 52.3 Å². The molecule has 1 amide bonds. The summed E-state index contributed by atoms with van der Waals surface area (Å²) in [4.78, 5) is 23.3. The van der Waals surface area contributed by atoms with Crippen molar-refractivity contribution in [2.75, 3.05) is 23.8 Å². The van der Waals surface area contributed by atoms with Gasteiger partial charge in [-0.3, -0.25) is 4.79 Å². The lowest BCUT2D eigenvalue weighted by molar-refractivity contribution is 0.102. The first-order valence-electron chi connectivity index (χ1n) is 8.78. The van der Waals surface area contributed by atoms with Crippen LogP contribution in [0.5, 0.6) is 0 Å². The molecular formula is C20H28N4O. The highest BCUT2D eigenvalue weighted by atomic mass is 16.1. The van der Waals surface area contributed by atoms with Crippen LogP contribution in [0.4, 0.5) is 11.6 Å². The molecule has 2 aromatic rings. The maximum absolute atomic E-state index is 12.7. The predicted octanol–water partition coefficient (Wildman–Crippen LogP) is 4.26. The molecule has 25 heavy (non-hydrogen) atoms. The fraction of sp³-hybridized carbons (Fsp3) is 0.450. The van der Waals surface area contributed by atoms with E-state index in [-0.39, 0.29) is 11.3 Å². The molecule has 2 rings (SSSR count). The highest BCUT2D eigenvalue weighted by Gasteiger charge is 2.19. The Morgan fingerprint density at radius 1 is 1.20 bits per heavy atom. The number of hydrogen-bond donors (Lipinski definition) is 1. The zero-order valence-electron chi connectivity index (χ0n) is 15.8. The fourth-order valence-corrected chi connectivity index (χ4v) is 2.59. The number of hydrogen-bond acceptors (Lipinski definition) is 4. The molecule has 5 nitrogen and oxygen atoms in total. The van der Waals surface area contributed by atoms with Crippen LogP contribution in [0, 0.1) is 0 Å². The minimum Gasteiger partial charge on any atom is -0.344 e. The highest BCUT2D eigenvalue weighted by molar-refractivity contribution is 6.03. The molecule has 0 fully saturated rings. The predicted molar refractivity (Wildman–Crippen MR) is 103 cm³/mol. The molecule has 1 aromatic heterocycles. The number of anilines is 2. The number of carbonyl (C=O) groups excluding carboxylic acids is 1. The van der Waals surface area contributed by atoms with Crippen LogP contribution in [0.3, 0.4) is 0 Å². The van der Waals surface area contributed by atoms with Crippen LogP contribution < -0.4 is 10.2 Å². The number of unbranched alkanes of at least 4 members (excludes halogenated alkanes) is 1. The van der Waals surface area contributed by atoms with Gasteiger partial charge in [0.15, 0.2) is 0 Å². The number of benzene rings is 1. The third-order valence-corrected chi connectivity index (χ3v) is 4.05. The molecule has 0 saturated carbocycles. The normalized spacial score (nSPS) is 11.2. The van der Waals surface area contributed by atoms with Gasteiger partial charge in [0, 0.05) is 25.5 Å². The van der Waals surface area contributed by atoms with Crippen LogP contribution in [0.1, 0.15) is 56.6 Å². The maximum atomic E-state index is 12.7. The van der Waals surface area contributed by atoms with Gasteiger partial charge in [-0.05, 0) is 29.5 Å². The van der Waals surface area contributed by atoms with Crippen LogP contribution in [0.25, 0.3) is 0 Å². The summed E-state index contributed by atoms with van der Waals surface area (Å²) >= 11 is 0. The summed E-state index contributed by atoms with van der Waals surface area (Å²) in [6, 6.07) is 9.52. The number of carbonyl (C=O) groups is 1. The molecule has 0 spiro atoms. The molecule has 0 unspecified atom stereocenters. The van der Waals surface area contributed by atoms with E-state index in [0.29, 0.717) is 11.6 Å². The largest absolute Gasteiger partial charge is 0.344 e. The van der Waals surface area contributed by atoms with Crippen LogP contribution in [-0.2, 0) is 5.41 Å². The molecule has 1 N–H and O–H groups in total. The Labute approximate surface area is 150 Å². The molecule has 5 heteroatoms. The highest BCUT2D eigenvalue weighted by Crippen LogP contribution is 2.29. The molecule has 0 radical (unpaired) electrons. The van der Waals surface area contributed by atoms with Gasteiger partial charge < -0.3 is 10.2 Å². The Balaban J connectivity index is 2.20. The zero-order valence-corrected chi connectivity index (χ0v) is 15.8. The summed E-state index contributed by atoms with van der Waals surface area (Å²) in [6.07, 6.45) is 3.80. The van der Waals surface area contributed by atoms with Crippen molar-refractivity contribution in [3.8, 4) is 0 Å². The van der Waals surface area contributed by atoms with Crippen LogP contribution in [0.2, 0.25) is 0 Å². The van der Waals surface area contributed by atoms with Gasteiger partial charge in [0.2, 0.25) is 5.95 Å². The first-order valence-corrected chi connectivity index (χ1v) is 8.78. The van der Waals surface area contributed by atoms with Crippen molar-refractivity contribution in [2.45, 2.75) is 46.0 Å². The summed E-state index contributed by atoms with van der Waals surface area (Å²) < 4.78 is 0. The number of aromatic nitrogens is 2. The molecule has 0 bridgehead atoms. The van der Waals surface area contributed by atoms with Gasteiger partial charge in [-0.25, -0.2) is 9.97 Å². The van der Waals surface area contributed by atoms with Gasteiger partial charge in [-0.2, -0.15) is 0 Å². The second-order valence-electron chi connectivity index (χ2n) is 7.27. The Bertz CT molecular complexity index is 722. The summed E-state index contributed by atoms with van der Waals surface area (Å²) in [5, 5.41) is 2.99. The Hall–Kier alpha value is -2.43. The molecule has 0 saturated heterocycles. The Morgan fingerprint density at radius 3 is 2.60 bits per heavy atom. The SMILES string of the molecule is CCCCN(C)c1nccc(C(=O)Nc2ccccc2C(C)(C)C)n1. The number of amides is 1. The number of rotatable bonds is 6. The zero-order chi connectivity index (χ0) is 18.4. The van der Waals surface area contributed by atoms with Crippen molar-refractivity contribution in [3.63, 3.8) is 0 Å². The lowest BCUT2D eigenvalue weighted by Gasteiger charge is -2.23. The Morgan fingerprint density at radius 2 is 1.92 bits per heavy atom. The topological polar surface area (TPSA) is 58.1 Å². The number of para-hydroxylation sites is 1. The third kappa shape index (κ3) is 5.02. The van der Waals surface area contributed by atoms with Crippen molar-refractivity contribution in [3.05, 3.63) is 47.8 Å². The Kier molecular flexibility index (Phi) is 6.12. The first kappa shape index (κ1) is 18.9. The number of nitrogens with one attached hydrogen (secondary N) is 1. The van der Waals surface area contributed by atoms with Gasteiger partial charge in [-0.15, -0.1) is 0 Å². The summed E-state index contributed by atoms with van der Waals surface area (Å²) in [7, 11) is 1.95. The molecule has 0 aliphatic rings. The van der Waals surface area contributed by atoms with E-state index in [4.69, 9.17) is 0 Å². The lowest BCUT2D eigenvalue weighted by atomic mass is 9.86. The van der Waals surface area contributed by atoms with E-state index in [1.54, 1.807) is 12.3 Å². The van der Waals surface area contributed by atoms with Gasteiger partial charge >= 0.3 is 0 Å². The molecule has 0 atom stereocenters. The quantitative estimate of drug-likeness (QED) is 0.853. The van der Waals surface area contributed by atoms with Crippen LogP contribution in [0.15, 0.2) is 36.5 Å². The van der Waals surface area contributed by atoms with Gasteiger partial charge in [0.1, 0.15) is 5.69 Å². The van der Waals surface area contributed by atoms with Crippen LogP contribution in [-0.4, -0.2) is 29.5 Å². The van der Waals surface area contributed by atoms with Crippen molar-refractivity contribution >= 4 is 17.5 Å². The third-order valence-electron chi connectivity index (χ3n) is 4.05. The standard InChI is InChI=1S/C20H28N4O/c1-6-7-14-24(5)19-21-13-12-17(23-19)18(25)22-16-11-9-8-10-15(16)20(2,3)4/h8-13H,6-7,14H2,1-5H3,(H,22,25). The van der Waals surface area contributed by atoms with E-state index in [9.17, 15) is 4.79 Å². The van der Waals surface area contributed by atoms with E-state index < -0.39 is 0 Å². The van der Waals surface area contributed by atoms with Crippen molar-refractivity contribution < 1.29 is 4.79 Å². The van der Waals surface area contributed by atoms with Crippen molar-refractivity contribution in [1.29, 1.82) is 0 Å². The van der Waals surface area contributed by atoms with Gasteiger partial charge in [0.25, 0.3) is 5.91 Å². The second kappa shape index (κ2) is 8.10. The minimum absolute atomic E-state index is 0.0545. The lowest BCUT2D eigenvalue weighted by Crippen LogP contribution is -2.23. The molecule has 1 aromatic carbocycles. The molecule has 0 aliphatic heterocycles. The van der Waals surface area contributed by atoms with Gasteiger partial charge in [0.05, 0.1) is 0 Å². The van der Waals surface area contributed by atoms with Crippen molar-refractivity contribution in [2.24, 2.45) is 0 Å². The maximum Gasteiger partial charge on any atom is 0.274 e. The average Bonchev–Trinajstić information content (AvgIpc) is 2.59. The monoisotopic (exact) mass is 340 g/mol. The smallest absolute Gasteiger partial charge is 0.274 e. The van der Waals surface area contributed by atoms with Crippen LogP contribution >= 0.6 is 0 Å². The summed E-state index contributed by atoms with van der Waals surface area (Å²) in [5.74, 6) is 0.356. The molecular weight excluding hydrogens is 312 g/mol. The first-order chi connectivity index (χ1) is 11.8. The molecule has 0 aliphatic carbocycles. The van der Waals surface area contributed by atoms with E-state index in [1.165, 1.54) is 0 Å². The fourth-order valence-electron chi connectivity index (χ4n) is 2.59. The summed E-state index contributed by atoms with van der Waals surface area (Å²) in [6.45, 7) is 9.40. The molecule has 134 valence electrons. The summed E-state index contributed by atoms with van der Waals surface area (Å²) in [5.41, 5.74) is 2.23. The molecule has 1 heterocycles. The van der Waals surface area contributed by atoms with E-state index in [0.717, 1.165) is 30.6 Å². The number of nitrogens with zero attached hydrogens (tertiary/aromatic N) is 3. The minimum atomic E-state index is -0.218. The van der Waals surface area contributed by atoms with E-state index in [2.05, 4.69) is 43.0 Å². The average molecular weight is 340 g/mol.